The fraction of sp³-hybridized carbons (Fsp3) is 0.750. The van der Waals surface area contributed by atoms with E-state index < -0.39 is 0 Å². The second-order valence-electron chi connectivity index (χ2n) is 5.14. The SMILES string of the molecule is CNC(COC(C)(C)C)Cc1cnn(C)c1. The lowest BCUT2D eigenvalue weighted by atomic mass is 10.1. The molecule has 1 rings (SSSR count). The topological polar surface area (TPSA) is 39.1 Å². The highest BCUT2D eigenvalue weighted by Gasteiger charge is 2.15. The molecule has 0 aliphatic carbocycles. The third kappa shape index (κ3) is 4.77. The molecule has 0 fully saturated rings. The second kappa shape index (κ2) is 5.46. The van der Waals surface area contributed by atoms with Crippen LogP contribution in [0.15, 0.2) is 12.4 Å². The molecular weight excluding hydrogens is 202 g/mol. The molecule has 1 N–H and O–H groups in total. The maximum atomic E-state index is 5.77. The third-order valence-corrected chi connectivity index (χ3v) is 2.37. The van der Waals surface area contributed by atoms with Gasteiger partial charge in [-0.2, -0.15) is 5.10 Å². The Balaban J connectivity index is 2.43. The maximum Gasteiger partial charge on any atom is 0.0629 e. The van der Waals surface area contributed by atoms with Gasteiger partial charge in [-0.1, -0.05) is 0 Å². The van der Waals surface area contributed by atoms with Crippen molar-refractivity contribution in [1.29, 1.82) is 0 Å². The summed E-state index contributed by atoms with van der Waals surface area (Å²) >= 11 is 0. The minimum absolute atomic E-state index is 0.0793. The van der Waals surface area contributed by atoms with Crippen molar-refractivity contribution in [2.75, 3.05) is 13.7 Å². The number of hydrogen-bond donors (Lipinski definition) is 1. The van der Waals surface area contributed by atoms with Gasteiger partial charge in [0, 0.05) is 19.3 Å². The minimum atomic E-state index is -0.0793. The van der Waals surface area contributed by atoms with Crippen LogP contribution in [0.5, 0.6) is 0 Å². The van der Waals surface area contributed by atoms with Gasteiger partial charge in [0.05, 0.1) is 18.4 Å². The Kier molecular flexibility index (Phi) is 4.50. The molecule has 1 unspecified atom stereocenters. The van der Waals surface area contributed by atoms with Crippen LogP contribution in [-0.4, -0.2) is 35.1 Å². The molecule has 0 saturated carbocycles. The van der Waals surface area contributed by atoms with Gasteiger partial charge >= 0.3 is 0 Å². The van der Waals surface area contributed by atoms with Crippen LogP contribution in [0.3, 0.4) is 0 Å². The van der Waals surface area contributed by atoms with Gasteiger partial charge in [-0.3, -0.25) is 4.68 Å². The normalized spacial score (nSPS) is 14.1. The van der Waals surface area contributed by atoms with Crippen LogP contribution >= 0.6 is 0 Å². The van der Waals surface area contributed by atoms with Crippen molar-refractivity contribution in [1.82, 2.24) is 15.1 Å². The van der Waals surface area contributed by atoms with Crippen molar-refractivity contribution in [3.8, 4) is 0 Å². The zero-order chi connectivity index (χ0) is 12.2. The highest BCUT2D eigenvalue weighted by molar-refractivity contribution is 5.05. The molecule has 4 heteroatoms. The van der Waals surface area contributed by atoms with Crippen LogP contribution in [-0.2, 0) is 18.2 Å². The maximum absolute atomic E-state index is 5.77. The number of aromatic nitrogens is 2. The van der Waals surface area contributed by atoms with E-state index in [0.717, 1.165) is 13.0 Å². The Labute approximate surface area is 98.0 Å². The van der Waals surface area contributed by atoms with Crippen molar-refractivity contribution < 1.29 is 4.74 Å². The molecule has 0 saturated heterocycles. The molecule has 1 atom stereocenters. The highest BCUT2D eigenvalue weighted by Crippen LogP contribution is 2.09. The van der Waals surface area contributed by atoms with Crippen LogP contribution in [0.1, 0.15) is 26.3 Å². The Hall–Kier alpha value is -0.870. The molecule has 4 nitrogen and oxygen atoms in total. The van der Waals surface area contributed by atoms with Crippen molar-refractivity contribution in [3.05, 3.63) is 18.0 Å². The lowest BCUT2D eigenvalue weighted by Crippen LogP contribution is -2.36. The van der Waals surface area contributed by atoms with Crippen molar-refractivity contribution in [2.45, 2.75) is 38.8 Å². The summed E-state index contributed by atoms with van der Waals surface area (Å²) in [7, 11) is 3.90. The highest BCUT2D eigenvalue weighted by atomic mass is 16.5. The molecule has 0 bridgehead atoms. The number of nitrogens with zero attached hydrogens (tertiary/aromatic N) is 2. The summed E-state index contributed by atoms with van der Waals surface area (Å²) in [6, 6.07) is 0.337. The van der Waals surface area contributed by atoms with Gasteiger partial charge in [0.1, 0.15) is 0 Å². The van der Waals surface area contributed by atoms with Crippen LogP contribution < -0.4 is 5.32 Å². The lowest BCUT2D eigenvalue weighted by Gasteiger charge is -2.24. The minimum Gasteiger partial charge on any atom is -0.374 e. The fourth-order valence-corrected chi connectivity index (χ4v) is 1.46. The van der Waals surface area contributed by atoms with Gasteiger partial charge < -0.3 is 10.1 Å². The quantitative estimate of drug-likeness (QED) is 0.822. The van der Waals surface area contributed by atoms with E-state index in [-0.39, 0.29) is 5.60 Å². The van der Waals surface area contributed by atoms with Gasteiger partial charge in [0.25, 0.3) is 0 Å². The molecular formula is C12H23N3O. The Morgan fingerprint density at radius 2 is 2.19 bits per heavy atom. The number of rotatable bonds is 5. The largest absolute Gasteiger partial charge is 0.374 e. The molecule has 1 aromatic rings. The summed E-state index contributed by atoms with van der Waals surface area (Å²) < 4.78 is 7.60. The molecule has 0 aliphatic heterocycles. The predicted molar refractivity (Wildman–Crippen MR) is 65.5 cm³/mol. The first kappa shape index (κ1) is 13.2. The van der Waals surface area contributed by atoms with Gasteiger partial charge in [-0.15, -0.1) is 0 Å². The number of ether oxygens (including phenoxy) is 1. The zero-order valence-corrected chi connectivity index (χ0v) is 10.9. The van der Waals surface area contributed by atoms with Crippen LogP contribution in [0, 0.1) is 0 Å². The summed E-state index contributed by atoms with van der Waals surface area (Å²) in [5.74, 6) is 0. The average molecular weight is 225 g/mol. The van der Waals surface area contributed by atoms with E-state index in [9.17, 15) is 0 Å². The molecule has 1 heterocycles. The van der Waals surface area contributed by atoms with Crippen LogP contribution in [0.2, 0.25) is 0 Å². The molecule has 0 aromatic carbocycles. The second-order valence-corrected chi connectivity index (χ2v) is 5.14. The summed E-state index contributed by atoms with van der Waals surface area (Å²) in [5, 5.41) is 7.43. The molecule has 92 valence electrons. The number of nitrogens with one attached hydrogen (secondary N) is 1. The van der Waals surface area contributed by atoms with Gasteiger partial charge in [-0.25, -0.2) is 0 Å². The monoisotopic (exact) mass is 225 g/mol. The first-order valence-corrected chi connectivity index (χ1v) is 5.69. The molecule has 0 aliphatic rings. The standard InChI is InChI=1S/C12H23N3O/c1-12(2,3)16-9-11(13-4)6-10-7-14-15(5)8-10/h7-8,11,13H,6,9H2,1-5H3. The summed E-state index contributed by atoms with van der Waals surface area (Å²) in [6.07, 6.45) is 4.89. The Morgan fingerprint density at radius 1 is 1.50 bits per heavy atom. The first-order valence-electron chi connectivity index (χ1n) is 5.69. The summed E-state index contributed by atoms with van der Waals surface area (Å²) in [4.78, 5) is 0. The molecule has 0 amide bonds. The lowest BCUT2D eigenvalue weighted by molar-refractivity contribution is -0.0134. The van der Waals surface area contributed by atoms with E-state index in [1.807, 2.05) is 31.2 Å². The van der Waals surface area contributed by atoms with E-state index in [0.29, 0.717) is 6.04 Å². The summed E-state index contributed by atoms with van der Waals surface area (Å²) in [6.45, 7) is 6.94. The van der Waals surface area contributed by atoms with E-state index in [1.165, 1.54) is 5.56 Å². The molecule has 0 radical (unpaired) electrons. The third-order valence-electron chi connectivity index (χ3n) is 2.37. The predicted octanol–water partition coefficient (Wildman–Crippen LogP) is 1.37. The molecule has 0 spiro atoms. The van der Waals surface area contributed by atoms with Gasteiger partial charge in [0.15, 0.2) is 0 Å². The average Bonchev–Trinajstić information content (AvgIpc) is 2.57. The summed E-state index contributed by atoms with van der Waals surface area (Å²) in [5.41, 5.74) is 1.16. The number of likely N-dealkylation sites (N-methyl/N-ethyl adjacent to an activating group) is 1. The Bertz CT molecular complexity index is 314. The van der Waals surface area contributed by atoms with Gasteiger partial charge in [-0.05, 0) is 39.8 Å². The van der Waals surface area contributed by atoms with E-state index in [4.69, 9.17) is 4.74 Å². The number of aryl methyl sites for hydroxylation is 1. The van der Waals surface area contributed by atoms with Crippen molar-refractivity contribution >= 4 is 0 Å². The van der Waals surface area contributed by atoms with E-state index in [2.05, 4.69) is 31.2 Å². The van der Waals surface area contributed by atoms with E-state index >= 15 is 0 Å². The number of hydrogen-bond acceptors (Lipinski definition) is 3. The Morgan fingerprint density at radius 3 is 2.62 bits per heavy atom. The van der Waals surface area contributed by atoms with E-state index in [1.54, 1.807) is 0 Å². The van der Waals surface area contributed by atoms with Crippen molar-refractivity contribution in [2.24, 2.45) is 7.05 Å². The van der Waals surface area contributed by atoms with Crippen LogP contribution in [0.25, 0.3) is 0 Å². The molecule has 1 aromatic heterocycles. The van der Waals surface area contributed by atoms with Crippen molar-refractivity contribution in [3.63, 3.8) is 0 Å². The van der Waals surface area contributed by atoms with Crippen LogP contribution in [0.4, 0.5) is 0 Å². The zero-order valence-electron chi connectivity index (χ0n) is 10.9. The smallest absolute Gasteiger partial charge is 0.0629 e. The molecule has 16 heavy (non-hydrogen) atoms. The fourth-order valence-electron chi connectivity index (χ4n) is 1.46. The van der Waals surface area contributed by atoms with Gasteiger partial charge in [0.2, 0.25) is 0 Å². The first-order chi connectivity index (χ1) is 7.40.